The summed E-state index contributed by atoms with van der Waals surface area (Å²) < 4.78 is 1.40. The number of hydrogen-bond acceptors (Lipinski definition) is 8. The maximum absolute atomic E-state index is 5.85. The van der Waals surface area contributed by atoms with Gasteiger partial charge in [-0.05, 0) is 11.6 Å². The third-order valence-electron chi connectivity index (χ3n) is 2.13. The first-order valence-corrected chi connectivity index (χ1v) is 6.51. The van der Waals surface area contributed by atoms with Gasteiger partial charge in [-0.25, -0.2) is 9.97 Å². The van der Waals surface area contributed by atoms with Gasteiger partial charge in [0, 0.05) is 5.38 Å². The number of rotatable bonds is 4. The van der Waals surface area contributed by atoms with Crippen molar-refractivity contribution in [3.63, 3.8) is 0 Å². The van der Waals surface area contributed by atoms with E-state index in [2.05, 4.69) is 35.3 Å². The molecule has 0 bridgehead atoms. The minimum Gasteiger partial charge on any atom is -0.348 e. The Morgan fingerprint density at radius 3 is 3.00 bits per heavy atom. The summed E-state index contributed by atoms with van der Waals surface area (Å²) in [7, 11) is 0. The molecule has 0 spiro atoms. The molecule has 3 aromatic heterocycles. The first kappa shape index (κ1) is 11.9. The number of halogens is 1. The first-order valence-electron chi connectivity index (χ1n) is 5.19. The molecule has 10 heteroatoms. The van der Waals surface area contributed by atoms with Crippen LogP contribution in [0.4, 0.5) is 5.95 Å². The molecule has 0 saturated carbocycles. The van der Waals surface area contributed by atoms with E-state index >= 15 is 0 Å². The van der Waals surface area contributed by atoms with Crippen LogP contribution in [0.2, 0.25) is 5.28 Å². The Morgan fingerprint density at radius 2 is 2.26 bits per heavy atom. The van der Waals surface area contributed by atoms with Crippen LogP contribution in [-0.4, -0.2) is 34.7 Å². The van der Waals surface area contributed by atoms with Crippen molar-refractivity contribution in [2.24, 2.45) is 0 Å². The zero-order chi connectivity index (χ0) is 13.1. The molecule has 8 nitrogen and oxygen atoms in total. The molecule has 3 rings (SSSR count). The molecule has 0 atom stereocenters. The van der Waals surface area contributed by atoms with Crippen LogP contribution in [0.15, 0.2) is 23.5 Å². The van der Waals surface area contributed by atoms with Gasteiger partial charge in [-0.1, -0.05) is 0 Å². The Hall–Kier alpha value is -2.13. The highest BCUT2D eigenvalue weighted by atomic mass is 35.5. The molecule has 3 heterocycles. The smallest absolute Gasteiger partial charge is 0.258 e. The Labute approximate surface area is 116 Å². The molecule has 0 amide bonds. The van der Waals surface area contributed by atoms with Crippen molar-refractivity contribution in [3.8, 4) is 5.95 Å². The third-order valence-corrected chi connectivity index (χ3v) is 2.94. The Kier molecular flexibility index (Phi) is 3.29. The second kappa shape index (κ2) is 5.24. The molecule has 0 radical (unpaired) electrons. The predicted molar refractivity (Wildman–Crippen MR) is 69.2 cm³/mol. The fourth-order valence-corrected chi connectivity index (χ4v) is 2.04. The summed E-state index contributed by atoms with van der Waals surface area (Å²) in [5.41, 5.74) is 2.67. The topological polar surface area (TPSA) is 94.3 Å². The maximum Gasteiger partial charge on any atom is 0.258 e. The highest BCUT2D eigenvalue weighted by Crippen LogP contribution is 2.10. The normalized spacial score (nSPS) is 10.6. The zero-order valence-corrected chi connectivity index (χ0v) is 11.0. The Morgan fingerprint density at radius 1 is 1.32 bits per heavy atom. The van der Waals surface area contributed by atoms with Crippen molar-refractivity contribution < 1.29 is 0 Å². The van der Waals surface area contributed by atoms with E-state index in [9.17, 15) is 0 Å². The van der Waals surface area contributed by atoms with E-state index in [-0.39, 0.29) is 5.28 Å². The predicted octanol–water partition coefficient (Wildman–Crippen LogP) is 1.17. The molecule has 0 aliphatic heterocycles. The van der Waals surface area contributed by atoms with E-state index < -0.39 is 0 Å². The average molecular weight is 295 g/mol. The highest BCUT2D eigenvalue weighted by molar-refractivity contribution is 7.07. The minimum atomic E-state index is 0.0845. The summed E-state index contributed by atoms with van der Waals surface area (Å²) in [6.07, 6.45) is 2.87. The van der Waals surface area contributed by atoms with E-state index in [4.69, 9.17) is 11.6 Å². The van der Waals surface area contributed by atoms with E-state index in [0.29, 0.717) is 18.4 Å². The van der Waals surface area contributed by atoms with Crippen molar-refractivity contribution in [3.05, 3.63) is 34.5 Å². The van der Waals surface area contributed by atoms with Gasteiger partial charge in [0.25, 0.3) is 5.95 Å². The molecule has 96 valence electrons. The first-order chi connectivity index (χ1) is 9.31. The Balaban J connectivity index is 1.82. The van der Waals surface area contributed by atoms with Gasteiger partial charge in [0.15, 0.2) is 0 Å². The number of thiazole rings is 1. The quantitative estimate of drug-likeness (QED) is 0.772. The summed E-state index contributed by atoms with van der Waals surface area (Å²) in [6, 6.07) is 0. The van der Waals surface area contributed by atoms with Crippen LogP contribution in [-0.2, 0) is 6.54 Å². The molecule has 0 aromatic carbocycles. The van der Waals surface area contributed by atoms with Gasteiger partial charge in [-0.15, -0.1) is 11.3 Å². The van der Waals surface area contributed by atoms with Crippen molar-refractivity contribution >= 4 is 28.9 Å². The standard InChI is InChI=1S/C9H7ClN8S/c10-7-15-8(12-1-6-2-19-5-13-6)17-9(16-7)18-4-11-3-14-18/h2-5H,1H2,(H,12,15,16,17). The lowest BCUT2D eigenvalue weighted by Gasteiger charge is -2.04. The van der Waals surface area contributed by atoms with Gasteiger partial charge in [0.1, 0.15) is 12.7 Å². The average Bonchev–Trinajstić information content (AvgIpc) is 3.09. The lowest BCUT2D eigenvalue weighted by atomic mass is 10.5. The fraction of sp³-hybridized carbons (Fsp3) is 0.111. The number of anilines is 1. The summed E-state index contributed by atoms with van der Waals surface area (Å²) in [4.78, 5) is 20.1. The number of nitrogens with one attached hydrogen (secondary N) is 1. The van der Waals surface area contributed by atoms with E-state index in [1.165, 1.54) is 28.7 Å². The van der Waals surface area contributed by atoms with Gasteiger partial charge in [0.2, 0.25) is 11.2 Å². The maximum atomic E-state index is 5.85. The number of aromatic nitrogens is 7. The van der Waals surface area contributed by atoms with Gasteiger partial charge in [-0.3, -0.25) is 0 Å². The molecule has 0 aliphatic rings. The van der Waals surface area contributed by atoms with Crippen molar-refractivity contribution in [2.45, 2.75) is 6.54 Å². The van der Waals surface area contributed by atoms with Crippen LogP contribution >= 0.6 is 22.9 Å². The largest absolute Gasteiger partial charge is 0.348 e. The van der Waals surface area contributed by atoms with Crippen molar-refractivity contribution in [1.29, 1.82) is 0 Å². The van der Waals surface area contributed by atoms with E-state index in [0.717, 1.165) is 5.69 Å². The Bertz CT molecular complexity index is 653. The SMILES string of the molecule is Clc1nc(NCc2cscn2)nc(-n2cncn2)n1. The fourth-order valence-electron chi connectivity index (χ4n) is 1.33. The number of hydrogen-bond donors (Lipinski definition) is 1. The molecular weight excluding hydrogens is 288 g/mol. The third kappa shape index (κ3) is 2.83. The van der Waals surface area contributed by atoms with Crippen molar-refractivity contribution in [2.75, 3.05) is 5.32 Å². The van der Waals surface area contributed by atoms with Crippen molar-refractivity contribution in [1.82, 2.24) is 34.7 Å². The second-order valence-corrected chi connectivity index (χ2v) is 4.46. The van der Waals surface area contributed by atoms with E-state index in [1.54, 1.807) is 5.51 Å². The van der Waals surface area contributed by atoms with Crippen LogP contribution in [0.25, 0.3) is 5.95 Å². The van der Waals surface area contributed by atoms with Crippen LogP contribution in [0, 0.1) is 0 Å². The molecule has 0 saturated heterocycles. The molecule has 0 aliphatic carbocycles. The van der Waals surface area contributed by atoms with E-state index in [1.807, 2.05) is 5.38 Å². The van der Waals surface area contributed by atoms with Gasteiger partial charge in [0.05, 0.1) is 17.7 Å². The summed E-state index contributed by atoms with van der Waals surface area (Å²) in [5.74, 6) is 0.664. The van der Waals surface area contributed by atoms with Crippen LogP contribution in [0.1, 0.15) is 5.69 Å². The second-order valence-electron chi connectivity index (χ2n) is 3.40. The monoisotopic (exact) mass is 294 g/mol. The molecule has 0 fully saturated rings. The molecule has 3 aromatic rings. The molecule has 0 unspecified atom stereocenters. The van der Waals surface area contributed by atoms with Crippen LogP contribution in [0.5, 0.6) is 0 Å². The molecular formula is C9H7ClN8S. The molecule has 19 heavy (non-hydrogen) atoms. The lowest BCUT2D eigenvalue weighted by Crippen LogP contribution is -2.09. The number of nitrogens with zero attached hydrogens (tertiary/aromatic N) is 7. The summed E-state index contributed by atoms with van der Waals surface area (Å²) in [6.45, 7) is 0.515. The van der Waals surface area contributed by atoms with Crippen LogP contribution in [0.3, 0.4) is 0 Å². The zero-order valence-electron chi connectivity index (χ0n) is 9.43. The highest BCUT2D eigenvalue weighted by Gasteiger charge is 2.07. The molecule has 1 N–H and O–H groups in total. The minimum absolute atomic E-state index is 0.0845. The van der Waals surface area contributed by atoms with Crippen LogP contribution < -0.4 is 5.32 Å². The van der Waals surface area contributed by atoms with Gasteiger partial charge in [-0.2, -0.15) is 24.7 Å². The van der Waals surface area contributed by atoms with Gasteiger partial charge < -0.3 is 5.32 Å². The van der Waals surface area contributed by atoms with Gasteiger partial charge >= 0.3 is 0 Å². The lowest BCUT2D eigenvalue weighted by molar-refractivity contribution is 0.793. The summed E-state index contributed by atoms with van der Waals surface area (Å²) in [5, 5.41) is 8.98. The summed E-state index contributed by atoms with van der Waals surface area (Å²) >= 11 is 7.38.